The molecule has 1 aromatic rings. The van der Waals surface area contributed by atoms with Crippen LogP contribution in [0.3, 0.4) is 0 Å². The minimum absolute atomic E-state index is 0.0375. The third kappa shape index (κ3) is 4.97. The molecule has 1 saturated heterocycles. The molecule has 33 heavy (non-hydrogen) atoms. The Morgan fingerprint density at radius 1 is 1.33 bits per heavy atom. The smallest absolute Gasteiger partial charge is 0.230 e. The van der Waals surface area contributed by atoms with Crippen LogP contribution in [0.25, 0.3) is 0 Å². The van der Waals surface area contributed by atoms with Gasteiger partial charge in [-0.3, -0.25) is 15.0 Å². The highest BCUT2D eigenvalue weighted by molar-refractivity contribution is 8.13. The molecule has 180 valence electrons. The van der Waals surface area contributed by atoms with Crippen molar-refractivity contribution in [3.05, 3.63) is 34.9 Å². The molecule has 0 radical (unpaired) electrons. The van der Waals surface area contributed by atoms with E-state index in [0.717, 1.165) is 41.4 Å². The third-order valence-corrected chi connectivity index (χ3v) is 8.36. The van der Waals surface area contributed by atoms with Crippen molar-refractivity contribution in [3.8, 4) is 0 Å². The summed E-state index contributed by atoms with van der Waals surface area (Å²) in [6.45, 7) is 6.88. The van der Waals surface area contributed by atoms with Crippen molar-refractivity contribution in [1.82, 2.24) is 20.5 Å². The van der Waals surface area contributed by atoms with Crippen LogP contribution in [0.5, 0.6) is 0 Å². The quantitative estimate of drug-likeness (QED) is 0.603. The number of carbonyl (C=O) groups excluding carboxylic acids is 2. The number of hydrazone groups is 1. The first kappa shape index (κ1) is 24.2. The van der Waals surface area contributed by atoms with E-state index in [1.54, 1.807) is 11.8 Å². The topological polar surface area (TPSA) is 77.0 Å². The van der Waals surface area contributed by atoms with Crippen LogP contribution in [0, 0.1) is 11.8 Å². The Balaban J connectivity index is 1.54. The molecule has 2 heterocycles. The monoisotopic (exact) mass is 491 g/mol. The fraction of sp³-hybridized carbons (Fsp3) is 0.625. The Morgan fingerprint density at radius 2 is 2.12 bits per heavy atom. The van der Waals surface area contributed by atoms with Crippen LogP contribution in [0.15, 0.2) is 29.4 Å². The average Bonchev–Trinajstić information content (AvgIpc) is 3.24. The van der Waals surface area contributed by atoms with Crippen molar-refractivity contribution in [3.63, 3.8) is 0 Å². The van der Waals surface area contributed by atoms with Gasteiger partial charge in [0, 0.05) is 35.3 Å². The normalized spacial score (nSPS) is 27.4. The number of benzene rings is 1. The summed E-state index contributed by atoms with van der Waals surface area (Å²) in [5.41, 5.74) is 4.26. The molecule has 3 aliphatic rings. The zero-order valence-corrected chi connectivity index (χ0v) is 21.2. The number of hydrogen-bond acceptors (Lipinski definition) is 6. The first-order valence-electron chi connectivity index (χ1n) is 12.0. The molecule has 5 unspecified atom stereocenters. The van der Waals surface area contributed by atoms with Crippen LogP contribution in [-0.2, 0) is 15.3 Å². The van der Waals surface area contributed by atoms with Crippen molar-refractivity contribution < 1.29 is 9.59 Å². The third-order valence-electron chi connectivity index (χ3n) is 6.98. The van der Waals surface area contributed by atoms with Crippen LogP contribution < -0.4 is 10.7 Å². The number of hydrogen-bond donors (Lipinski definition) is 2. The maximum atomic E-state index is 13.4. The molecule has 1 aromatic carbocycles. The summed E-state index contributed by atoms with van der Waals surface area (Å²) in [5, 5.41) is 9.38. The van der Waals surface area contributed by atoms with Gasteiger partial charge in [0.05, 0.1) is 5.92 Å². The number of fused-ring (bicyclic) bond motifs is 3. The fourth-order valence-corrected chi connectivity index (χ4v) is 6.31. The molecule has 0 bridgehead atoms. The molecule has 7 nitrogen and oxygen atoms in total. The van der Waals surface area contributed by atoms with E-state index in [9.17, 15) is 9.59 Å². The number of amidine groups is 1. The van der Waals surface area contributed by atoms with E-state index in [1.165, 1.54) is 0 Å². The van der Waals surface area contributed by atoms with Gasteiger partial charge in [-0.05, 0) is 50.7 Å². The number of thioether (sulfide) groups is 1. The minimum atomic E-state index is -0.288. The standard InChI is InChI=1S/C24H34ClN5O2S/c1-4-12-29-22(32)18-11-10-16(21(31)26-15(3)5-2)13-20(18)30-23(29)27-28-24(30)33-14-17-8-6-7-9-19(17)25/h6-9,15-16,18,20,23,27H,4-5,10-14H2,1-3H3,(H,26,31). The molecule has 2 fully saturated rings. The van der Waals surface area contributed by atoms with E-state index in [4.69, 9.17) is 11.6 Å². The molecule has 0 aromatic heterocycles. The van der Waals surface area contributed by atoms with Crippen molar-refractivity contribution >= 4 is 40.3 Å². The number of amides is 2. The van der Waals surface area contributed by atoms with E-state index in [2.05, 4.69) is 34.6 Å². The lowest BCUT2D eigenvalue weighted by Gasteiger charge is -2.51. The van der Waals surface area contributed by atoms with E-state index >= 15 is 0 Å². The van der Waals surface area contributed by atoms with Gasteiger partial charge >= 0.3 is 0 Å². The summed E-state index contributed by atoms with van der Waals surface area (Å²) < 4.78 is 0. The Kier molecular flexibility index (Phi) is 7.74. The number of rotatable bonds is 7. The van der Waals surface area contributed by atoms with Crippen LogP contribution in [0.1, 0.15) is 58.4 Å². The zero-order valence-electron chi connectivity index (χ0n) is 19.6. The number of carbonyl (C=O) groups is 2. The lowest BCUT2D eigenvalue weighted by molar-refractivity contribution is -0.157. The molecule has 5 atom stereocenters. The van der Waals surface area contributed by atoms with Gasteiger partial charge in [-0.25, -0.2) is 0 Å². The van der Waals surface area contributed by atoms with E-state index < -0.39 is 0 Å². The Hall–Kier alpha value is -1.93. The van der Waals surface area contributed by atoms with Crippen LogP contribution in [0.2, 0.25) is 5.02 Å². The molecule has 0 spiro atoms. The molecule has 2 amide bonds. The summed E-state index contributed by atoms with van der Waals surface area (Å²) in [6, 6.07) is 7.96. The molecule has 2 N–H and O–H groups in total. The van der Waals surface area contributed by atoms with Gasteiger partial charge in [0.15, 0.2) is 11.5 Å². The SMILES string of the molecule is CCCN1C(=O)C2CCC(C(=O)NC(C)CC)CC2N2C(SCc3ccccc3Cl)=NNC12. The molecular weight excluding hydrogens is 458 g/mol. The number of nitrogens with one attached hydrogen (secondary N) is 2. The Labute approximate surface area is 205 Å². The summed E-state index contributed by atoms with van der Waals surface area (Å²) in [4.78, 5) is 30.5. The molecule has 1 aliphatic carbocycles. The van der Waals surface area contributed by atoms with E-state index in [1.807, 2.05) is 36.1 Å². The predicted octanol–water partition coefficient (Wildman–Crippen LogP) is 3.98. The van der Waals surface area contributed by atoms with Gasteiger partial charge in [0.2, 0.25) is 11.8 Å². The average molecular weight is 492 g/mol. The number of nitrogens with zero attached hydrogens (tertiary/aromatic N) is 3. The maximum absolute atomic E-state index is 13.4. The second-order valence-corrected chi connectivity index (χ2v) is 10.6. The van der Waals surface area contributed by atoms with Crippen molar-refractivity contribution in [1.29, 1.82) is 0 Å². The predicted molar refractivity (Wildman–Crippen MR) is 133 cm³/mol. The lowest BCUT2D eigenvalue weighted by Crippen LogP contribution is -2.68. The highest BCUT2D eigenvalue weighted by Gasteiger charge is 2.52. The van der Waals surface area contributed by atoms with Gasteiger partial charge in [-0.15, -0.1) is 0 Å². The summed E-state index contributed by atoms with van der Waals surface area (Å²) in [6.07, 6.45) is 3.65. The number of halogens is 1. The van der Waals surface area contributed by atoms with Gasteiger partial charge in [-0.2, -0.15) is 5.10 Å². The van der Waals surface area contributed by atoms with Crippen molar-refractivity contribution in [2.45, 2.75) is 77.0 Å². The molecule has 1 saturated carbocycles. The van der Waals surface area contributed by atoms with E-state index in [-0.39, 0.29) is 42.0 Å². The Morgan fingerprint density at radius 3 is 2.85 bits per heavy atom. The van der Waals surface area contributed by atoms with Crippen LogP contribution >= 0.6 is 23.4 Å². The first-order valence-corrected chi connectivity index (χ1v) is 13.4. The summed E-state index contributed by atoms with van der Waals surface area (Å²) in [5.74, 6) is 0.801. The van der Waals surface area contributed by atoms with Gasteiger partial charge in [-0.1, -0.05) is 55.4 Å². The molecule has 4 rings (SSSR count). The second kappa shape index (κ2) is 10.6. The Bertz CT molecular complexity index is 913. The zero-order chi connectivity index (χ0) is 23.5. The minimum Gasteiger partial charge on any atom is -0.353 e. The van der Waals surface area contributed by atoms with Crippen LogP contribution in [-0.4, -0.2) is 51.7 Å². The van der Waals surface area contributed by atoms with Gasteiger partial charge in [0.25, 0.3) is 0 Å². The fourth-order valence-electron chi connectivity index (χ4n) is 5.00. The largest absolute Gasteiger partial charge is 0.353 e. The molecular formula is C24H34ClN5O2S. The molecule has 9 heteroatoms. The first-order chi connectivity index (χ1) is 15.9. The highest BCUT2D eigenvalue weighted by Crippen LogP contribution is 2.41. The van der Waals surface area contributed by atoms with Crippen LogP contribution in [0.4, 0.5) is 0 Å². The molecule has 2 aliphatic heterocycles. The lowest BCUT2D eigenvalue weighted by atomic mass is 9.75. The highest BCUT2D eigenvalue weighted by atomic mass is 35.5. The second-order valence-electron chi connectivity index (χ2n) is 9.22. The maximum Gasteiger partial charge on any atom is 0.230 e. The van der Waals surface area contributed by atoms with E-state index in [0.29, 0.717) is 18.7 Å². The van der Waals surface area contributed by atoms with Crippen molar-refractivity contribution in [2.24, 2.45) is 16.9 Å². The summed E-state index contributed by atoms with van der Waals surface area (Å²) in [7, 11) is 0. The van der Waals surface area contributed by atoms with Gasteiger partial charge < -0.3 is 15.1 Å². The van der Waals surface area contributed by atoms with Crippen molar-refractivity contribution in [2.75, 3.05) is 6.54 Å². The van der Waals surface area contributed by atoms with Gasteiger partial charge in [0.1, 0.15) is 0 Å². The summed E-state index contributed by atoms with van der Waals surface area (Å²) >= 11 is 8.00.